The number of carbonyl (C=O) groups excluding carboxylic acids is 1. The molecule has 0 atom stereocenters. The van der Waals surface area contributed by atoms with E-state index in [1.165, 1.54) is 27.4 Å². The van der Waals surface area contributed by atoms with Gasteiger partial charge in [0.05, 0.1) is 11.3 Å². The second kappa shape index (κ2) is 7.41. The van der Waals surface area contributed by atoms with Crippen molar-refractivity contribution in [2.75, 3.05) is 0 Å². The third-order valence-electron chi connectivity index (χ3n) is 4.29. The van der Waals surface area contributed by atoms with Crippen LogP contribution in [0.1, 0.15) is 66.7 Å². The predicted molar refractivity (Wildman–Crippen MR) is 103 cm³/mol. The average molecular weight is 370 g/mol. The van der Waals surface area contributed by atoms with Gasteiger partial charge in [-0.3, -0.25) is 9.20 Å². The summed E-state index contributed by atoms with van der Waals surface area (Å²) < 4.78 is 6.91. The van der Waals surface area contributed by atoms with Gasteiger partial charge in [0, 0.05) is 17.6 Å². The van der Waals surface area contributed by atoms with E-state index in [1.54, 1.807) is 11.6 Å². The number of hydrogen-bond acceptors (Lipinski definition) is 5. The molecule has 3 rings (SSSR count). The van der Waals surface area contributed by atoms with Crippen LogP contribution in [0.2, 0.25) is 0 Å². The number of esters is 1. The first kappa shape index (κ1) is 18.3. The molecule has 136 valence electrons. The Balaban J connectivity index is 1.82. The lowest BCUT2D eigenvalue weighted by atomic mass is 9.91. The van der Waals surface area contributed by atoms with Crippen molar-refractivity contribution in [3.63, 3.8) is 0 Å². The molecule has 2 aromatic heterocycles. The number of thiazole rings is 1. The van der Waals surface area contributed by atoms with Crippen LogP contribution >= 0.6 is 11.3 Å². The first-order valence-electron chi connectivity index (χ1n) is 8.63. The molecule has 0 fully saturated rings. The Bertz CT molecular complexity index is 1000. The van der Waals surface area contributed by atoms with Gasteiger partial charge in [-0.1, -0.05) is 39.8 Å². The van der Waals surface area contributed by atoms with Gasteiger partial charge in [0.1, 0.15) is 6.61 Å². The van der Waals surface area contributed by atoms with Crippen molar-refractivity contribution < 1.29 is 9.53 Å². The van der Waals surface area contributed by atoms with Crippen LogP contribution in [-0.4, -0.2) is 15.4 Å². The minimum atomic E-state index is -0.391. The third-order valence-corrected chi connectivity index (χ3v) is 5.05. The lowest BCUT2D eigenvalue weighted by Crippen LogP contribution is -2.15. The zero-order valence-corrected chi connectivity index (χ0v) is 16.2. The summed E-state index contributed by atoms with van der Waals surface area (Å²) in [5, 5.41) is 1.80. The van der Waals surface area contributed by atoms with Crippen LogP contribution in [0.15, 0.2) is 40.6 Å². The Labute approximate surface area is 156 Å². The molecule has 0 radical (unpaired) electrons. The van der Waals surface area contributed by atoms with E-state index in [4.69, 9.17) is 4.74 Å². The standard InChI is InChI=1S/C20H22N2O3S/c1-12(2)14-5-6-16(17(9-14)13(3)4)19(24)25-11-15-10-18(23)22-7-8-26-20(22)21-15/h5-10,12-13H,11H2,1-4H3. The summed E-state index contributed by atoms with van der Waals surface area (Å²) in [5.41, 5.74) is 3.02. The number of nitrogens with zero attached hydrogens (tertiary/aromatic N) is 2. The predicted octanol–water partition coefficient (Wildman–Crippen LogP) is 4.36. The fraction of sp³-hybridized carbons (Fsp3) is 0.350. The van der Waals surface area contributed by atoms with Gasteiger partial charge < -0.3 is 4.74 Å². The zero-order chi connectivity index (χ0) is 18.8. The second-order valence-corrected chi connectivity index (χ2v) is 7.75. The number of fused-ring (bicyclic) bond motifs is 1. The maximum absolute atomic E-state index is 12.6. The minimum absolute atomic E-state index is 0.0219. The van der Waals surface area contributed by atoms with E-state index in [2.05, 4.69) is 38.7 Å². The largest absolute Gasteiger partial charge is 0.456 e. The summed E-state index contributed by atoms with van der Waals surface area (Å²) in [6.45, 7) is 8.35. The van der Waals surface area contributed by atoms with Crippen LogP contribution in [-0.2, 0) is 11.3 Å². The molecule has 6 heteroatoms. The quantitative estimate of drug-likeness (QED) is 0.626. The molecule has 0 aliphatic heterocycles. The highest BCUT2D eigenvalue weighted by Gasteiger charge is 2.17. The van der Waals surface area contributed by atoms with E-state index in [-0.39, 0.29) is 18.1 Å². The molecular weight excluding hydrogens is 348 g/mol. The number of aromatic nitrogens is 2. The maximum Gasteiger partial charge on any atom is 0.338 e. The van der Waals surface area contributed by atoms with Gasteiger partial charge in [0.2, 0.25) is 0 Å². The van der Waals surface area contributed by atoms with Crippen molar-refractivity contribution in [1.29, 1.82) is 0 Å². The summed E-state index contributed by atoms with van der Waals surface area (Å²) in [6, 6.07) is 7.28. The Kier molecular flexibility index (Phi) is 5.23. The third kappa shape index (κ3) is 3.70. The Morgan fingerprint density at radius 1 is 1.19 bits per heavy atom. The first-order valence-corrected chi connectivity index (χ1v) is 9.51. The van der Waals surface area contributed by atoms with Crippen LogP contribution in [0.5, 0.6) is 0 Å². The van der Waals surface area contributed by atoms with E-state index in [9.17, 15) is 9.59 Å². The number of carbonyl (C=O) groups is 1. The number of hydrogen-bond donors (Lipinski definition) is 0. The molecular formula is C20H22N2O3S. The Hall–Kier alpha value is -2.47. The van der Waals surface area contributed by atoms with E-state index in [1.807, 2.05) is 12.1 Å². The van der Waals surface area contributed by atoms with Crippen molar-refractivity contribution >= 4 is 22.3 Å². The van der Waals surface area contributed by atoms with Crippen molar-refractivity contribution in [2.45, 2.75) is 46.1 Å². The molecule has 0 saturated heterocycles. The van der Waals surface area contributed by atoms with Crippen LogP contribution in [0.3, 0.4) is 0 Å². The topological polar surface area (TPSA) is 60.7 Å². The van der Waals surface area contributed by atoms with Gasteiger partial charge in [-0.2, -0.15) is 0 Å². The van der Waals surface area contributed by atoms with E-state index in [0.29, 0.717) is 22.1 Å². The normalized spacial score (nSPS) is 11.5. The van der Waals surface area contributed by atoms with Crippen LogP contribution in [0.25, 0.3) is 4.96 Å². The fourth-order valence-corrected chi connectivity index (χ4v) is 3.52. The van der Waals surface area contributed by atoms with Gasteiger partial charge in [0.25, 0.3) is 5.56 Å². The molecule has 26 heavy (non-hydrogen) atoms. The van der Waals surface area contributed by atoms with Crippen LogP contribution < -0.4 is 5.56 Å². The zero-order valence-electron chi connectivity index (χ0n) is 15.4. The molecule has 0 N–H and O–H groups in total. The lowest BCUT2D eigenvalue weighted by Gasteiger charge is -2.15. The van der Waals surface area contributed by atoms with Crippen LogP contribution in [0, 0.1) is 0 Å². The van der Waals surface area contributed by atoms with Crippen molar-refractivity contribution in [2.24, 2.45) is 0 Å². The molecule has 0 bridgehead atoms. The molecule has 0 saturated carbocycles. The molecule has 0 spiro atoms. The monoisotopic (exact) mass is 370 g/mol. The molecule has 0 unspecified atom stereocenters. The molecule has 1 aromatic carbocycles. The van der Waals surface area contributed by atoms with E-state index < -0.39 is 5.97 Å². The number of benzene rings is 1. The fourth-order valence-electron chi connectivity index (χ4n) is 2.78. The Morgan fingerprint density at radius 2 is 1.96 bits per heavy atom. The van der Waals surface area contributed by atoms with E-state index >= 15 is 0 Å². The van der Waals surface area contributed by atoms with Gasteiger partial charge in [0.15, 0.2) is 4.96 Å². The van der Waals surface area contributed by atoms with Crippen molar-refractivity contribution in [1.82, 2.24) is 9.38 Å². The maximum atomic E-state index is 12.6. The summed E-state index contributed by atoms with van der Waals surface area (Å²) >= 11 is 1.37. The molecule has 0 amide bonds. The van der Waals surface area contributed by atoms with Gasteiger partial charge in [-0.25, -0.2) is 9.78 Å². The highest BCUT2D eigenvalue weighted by atomic mass is 32.1. The number of ether oxygens (including phenoxy) is 1. The number of rotatable bonds is 5. The van der Waals surface area contributed by atoms with Crippen molar-refractivity contribution in [3.05, 3.63) is 68.6 Å². The lowest BCUT2D eigenvalue weighted by molar-refractivity contribution is 0.0466. The SMILES string of the molecule is CC(C)c1ccc(C(=O)OCc2cc(=O)n3ccsc3n2)c(C(C)C)c1. The van der Waals surface area contributed by atoms with Gasteiger partial charge in [-0.15, -0.1) is 11.3 Å². The summed E-state index contributed by atoms with van der Waals surface area (Å²) in [4.78, 5) is 29.6. The highest BCUT2D eigenvalue weighted by Crippen LogP contribution is 2.25. The van der Waals surface area contributed by atoms with Crippen molar-refractivity contribution in [3.8, 4) is 0 Å². The van der Waals surface area contributed by atoms with Crippen LogP contribution in [0.4, 0.5) is 0 Å². The molecule has 5 nitrogen and oxygen atoms in total. The summed E-state index contributed by atoms with van der Waals surface area (Å²) in [5.74, 6) is 0.214. The smallest absolute Gasteiger partial charge is 0.338 e. The first-order chi connectivity index (χ1) is 12.4. The second-order valence-electron chi connectivity index (χ2n) is 6.87. The molecule has 3 aromatic rings. The van der Waals surface area contributed by atoms with E-state index in [0.717, 1.165) is 5.56 Å². The molecule has 0 aliphatic rings. The Morgan fingerprint density at radius 3 is 2.65 bits per heavy atom. The molecule has 2 heterocycles. The minimum Gasteiger partial charge on any atom is -0.456 e. The molecule has 0 aliphatic carbocycles. The van der Waals surface area contributed by atoms with Gasteiger partial charge >= 0.3 is 5.97 Å². The van der Waals surface area contributed by atoms with Gasteiger partial charge in [-0.05, 0) is 29.0 Å². The average Bonchev–Trinajstić information content (AvgIpc) is 3.08. The summed E-state index contributed by atoms with van der Waals surface area (Å²) in [7, 11) is 0. The summed E-state index contributed by atoms with van der Waals surface area (Å²) in [6.07, 6.45) is 1.68. The highest BCUT2D eigenvalue weighted by molar-refractivity contribution is 7.15.